The standard InChI is InChI=1S/C6H9NS/c1-3-8-5-6(2)4-7/h5H,3H2,1-2H3/b6-5-. The molecule has 0 saturated carbocycles. The van der Waals surface area contributed by atoms with Crippen LogP contribution in [0.25, 0.3) is 0 Å². The van der Waals surface area contributed by atoms with Gasteiger partial charge in [-0.3, -0.25) is 0 Å². The molecular formula is C6H9NS. The second kappa shape index (κ2) is 4.73. The molecule has 0 aromatic carbocycles. The number of hydrogen-bond donors (Lipinski definition) is 0. The van der Waals surface area contributed by atoms with Crippen LogP contribution in [0.15, 0.2) is 11.0 Å². The van der Waals surface area contributed by atoms with E-state index in [1.165, 1.54) is 0 Å². The average Bonchev–Trinajstić information content (AvgIpc) is 1.83. The van der Waals surface area contributed by atoms with Crippen LogP contribution < -0.4 is 0 Å². The van der Waals surface area contributed by atoms with Crippen molar-refractivity contribution in [1.82, 2.24) is 0 Å². The molecule has 0 unspecified atom stereocenters. The SMILES string of the molecule is CCS/C=C(/C)C#N. The van der Waals surface area contributed by atoms with Gasteiger partial charge in [0, 0.05) is 5.57 Å². The van der Waals surface area contributed by atoms with Gasteiger partial charge in [0.2, 0.25) is 0 Å². The molecule has 8 heavy (non-hydrogen) atoms. The molecule has 0 heterocycles. The summed E-state index contributed by atoms with van der Waals surface area (Å²) in [7, 11) is 0. The van der Waals surface area contributed by atoms with Crippen LogP contribution in [0.1, 0.15) is 13.8 Å². The van der Waals surface area contributed by atoms with Crippen LogP contribution in [-0.2, 0) is 0 Å². The van der Waals surface area contributed by atoms with E-state index in [9.17, 15) is 0 Å². The first kappa shape index (κ1) is 7.58. The highest BCUT2D eigenvalue weighted by Crippen LogP contribution is 2.03. The lowest BCUT2D eigenvalue weighted by molar-refractivity contribution is 1.45. The maximum absolute atomic E-state index is 8.23. The summed E-state index contributed by atoms with van der Waals surface area (Å²) in [6.45, 7) is 3.87. The predicted octanol–water partition coefficient (Wildman–Crippen LogP) is 2.17. The zero-order valence-electron chi connectivity index (χ0n) is 5.14. The van der Waals surface area contributed by atoms with Gasteiger partial charge in [0.05, 0.1) is 6.07 Å². The van der Waals surface area contributed by atoms with Crippen molar-refractivity contribution in [2.24, 2.45) is 0 Å². The van der Waals surface area contributed by atoms with Crippen molar-refractivity contribution in [2.45, 2.75) is 13.8 Å². The first-order valence-corrected chi connectivity index (χ1v) is 3.54. The second-order valence-electron chi connectivity index (χ2n) is 1.37. The lowest BCUT2D eigenvalue weighted by Crippen LogP contribution is -1.64. The Morgan fingerprint density at radius 2 is 2.50 bits per heavy atom. The maximum Gasteiger partial charge on any atom is 0.0949 e. The molecule has 0 aliphatic rings. The van der Waals surface area contributed by atoms with Crippen LogP contribution >= 0.6 is 11.8 Å². The van der Waals surface area contributed by atoms with Crippen LogP contribution in [0.3, 0.4) is 0 Å². The third-order valence-corrected chi connectivity index (χ3v) is 1.46. The van der Waals surface area contributed by atoms with Gasteiger partial charge in [-0.25, -0.2) is 0 Å². The quantitative estimate of drug-likeness (QED) is 0.531. The summed E-state index contributed by atoms with van der Waals surface area (Å²) in [5, 5.41) is 10.1. The predicted molar refractivity (Wildman–Crippen MR) is 37.5 cm³/mol. The highest BCUT2D eigenvalue weighted by Gasteiger charge is 1.79. The summed E-state index contributed by atoms with van der Waals surface area (Å²) in [5.74, 6) is 1.04. The monoisotopic (exact) mass is 127 g/mol. The molecular weight excluding hydrogens is 118 g/mol. The Hall–Kier alpha value is -0.420. The van der Waals surface area contributed by atoms with Crippen molar-refractivity contribution < 1.29 is 0 Å². The Morgan fingerprint density at radius 3 is 2.88 bits per heavy atom. The molecule has 0 atom stereocenters. The molecule has 0 spiro atoms. The normalized spacial score (nSPS) is 10.9. The van der Waals surface area contributed by atoms with Crippen LogP contribution in [0.4, 0.5) is 0 Å². The van der Waals surface area contributed by atoms with Gasteiger partial charge in [-0.1, -0.05) is 6.92 Å². The fourth-order valence-electron chi connectivity index (χ4n) is 0.235. The number of rotatable bonds is 2. The van der Waals surface area contributed by atoms with Gasteiger partial charge in [0.1, 0.15) is 0 Å². The van der Waals surface area contributed by atoms with Crippen molar-refractivity contribution in [1.29, 1.82) is 5.26 Å². The molecule has 2 heteroatoms. The zero-order valence-corrected chi connectivity index (χ0v) is 5.96. The molecule has 0 bridgehead atoms. The highest BCUT2D eigenvalue weighted by atomic mass is 32.2. The summed E-state index contributed by atoms with van der Waals surface area (Å²) in [5.41, 5.74) is 0.789. The maximum atomic E-state index is 8.23. The minimum absolute atomic E-state index is 0.789. The van der Waals surface area contributed by atoms with Crippen molar-refractivity contribution in [3.05, 3.63) is 11.0 Å². The Balaban J connectivity index is 3.46. The topological polar surface area (TPSA) is 23.8 Å². The first-order valence-electron chi connectivity index (χ1n) is 2.49. The molecule has 0 aliphatic heterocycles. The van der Waals surface area contributed by atoms with E-state index in [2.05, 4.69) is 6.92 Å². The number of nitrogens with zero attached hydrogens (tertiary/aromatic N) is 1. The van der Waals surface area contributed by atoms with Crippen LogP contribution in [0.2, 0.25) is 0 Å². The van der Waals surface area contributed by atoms with E-state index in [-0.39, 0.29) is 0 Å². The summed E-state index contributed by atoms with van der Waals surface area (Å²) >= 11 is 1.66. The van der Waals surface area contributed by atoms with E-state index in [1.54, 1.807) is 11.8 Å². The van der Waals surface area contributed by atoms with Crippen LogP contribution in [0, 0.1) is 11.3 Å². The smallest absolute Gasteiger partial charge is 0.0949 e. The molecule has 0 aliphatic carbocycles. The third kappa shape index (κ3) is 3.76. The van der Waals surface area contributed by atoms with E-state index in [0.29, 0.717) is 0 Å². The fraction of sp³-hybridized carbons (Fsp3) is 0.500. The van der Waals surface area contributed by atoms with Gasteiger partial charge < -0.3 is 0 Å². The van der Waals surface area contributed by atoms with E-state index in [4.69, 9.17) is 5.26 Å². The molecule has 0 saturated heterocycles. The number of thioether (sulfide) groups is 1. The molecule has 0 radical (unpaired) electrons. The summed E-state index contributed by atoms with van der Waals surface area (Å²) in [4.78, 5) is 0. The van der Waals surface area contributed by atoms with Gasteiger partial charge >= 0.3 is 0 Å². The lowest BCUT2D eigenvalue weighted by atomic mass is 10.4. The molecule has 44 valence electrons. The van der Waals surface area contributed by atoms with Crippen molar-refractivity contribution in [3.63, 3.8) is 0 Å². The van der Waals surface area contributed by atoms with E-state index in [0.717, 1.165) is 11.3 Å². The van der Waals surface area contributed by atoms with Gasteiger partial charge in [-0.2, -0.15) is 5.26 Å². The molecule has 0 aromatic rings. The zero-order chi connectivity index (χ0) is 6.41. The largest absolute Gasteiger partial charge is 0.193 e. The van der Waals surface area contributed by atoms with Crippen molar-refractivity contribution in [2.75, 3.05) is 5.75 Å². The molecule has 0 aromatic heterocycles. The summed E-state index contributed by atoms with van der Waals surface area (Å²) in [6, 6.07) is 2.04. The summed E-state index contributed by atoms with van der Waals surface area (Å²) < 4.78 is 0. The molecule has 0 fully saturated rings. The van der Waals surface area contributed by atoms with Crippen LogP contribution in [-0.4, -0.2) is 5.75 Å². The molecule has 1 nitrogen and oxygen atoms in total. The Bertz CT molecular complexity index is 121. The Kier molecular flexibility index (Phi) is 4.48. The van der Waals surface area contributed by atoms with Gasteiger partial charge in [0.15, 0.2) is 0 Å². The van der Waals surface area contributed by atoms with E-state index >= 15 is 0 Å². The Morgan fingerprint density at radius 1 is 1.88 bits per heavy atom. The van der Waals surface area contributed by atoms with Crippen molar-refractivity contribution in [3.8, 4) is 6.07 Å². The second-order valence-corrected chi connectivity index (χ2v) is 2.51. The van der Waals surface area contributed by atoms with Gasteiger partial charge in [-0.15, -0.1) is 11.8 Å². The van der Waals surface area contributed by atoms with E-state index < -0.39 is 0 Å². The average molecular weight is 127 g/mol. The lowest BCUT2D eigenvalue weighted by Gasteiger charge is -1.83. The minimum Gasteiger partial charge on any atom is -0.193 e. The van der Waals surface area contributed by atoms with Crippen molar-refractivity contribution >= 4 is 11.8 Å². The Labute approximate surface area is 54.4 Å². The summed E-state index contributed by atoms with van der Waals surface area (Å²) in [6.07, 6.45) is 0. The minimum atomic E-state index is 0.789. The van der Waals surface area contributed by atoms with Crippen LogP contribution in [0.5, 0.6) is 0 Å². The number of hydrogen-bond acceptors (Lipinski definition) is 2. The first-order chi connectivity index (χ1) is 3.81. The highest BCUT2D eigenvalue weighted by molar-refractivity contribution is 8.02. The van der Waals surface area contributed by atoms with E-state index in [1.807, 2.05) is 18.4 Å². The number of nitriles is 1. The van der Waals surface area contributed by atoms with Gasteiger partial charge in [0.25, 0.3) is 0 Å². The molecule has 0 rings (SSSR count). The van der Waals surface area contributed by atoms with Gasteiger partial charge in [-0.05, 0) is 18.1 Å². The molecule has 0 amide bonds. The molecule has 0 N–H and O–H groups in total. The third-order valence-electron chi connectivity index (χ3n) is 0.603. The number of allylic oxidation sites excluding steroid dienone is 1. The fourth-order valence-corrected chi connectivity index (χ4v) is 0.704.